The van der Waals surface area contributed by atoms with Gasteiger partial charge in [-0.3, -0.25) is 4.79 Å². The van der Waals surface area contributed by atoms with Crippen LogP contribution in [-0.2, 0) is 14.3 Å². The van der Waals surface area contributed by atoms with Gasteiger partial charge in [-0.1, -0.05) is 18.2 Å². The molecule has 3 rings (SSSR count). The molecule has 2 saturated heterocycles. The molecule has 25 heavy (non-hydrogen) atoms. The minimum Gasteiger partial charge on any atom is -0.494 e. The number of aliphatic carboxylic acids is 1. The molecule has 5 heteroatoms. The highest BCUT2D eigenvalue weighted by Gasteiger charge is 2.48. The van der Waals surface area contributed by atoms with Crippen LogP contribution in [0.25, 0.3) is 0 Å². The maximum Gasteiger partial charge on any atom is 0.303 e. The maximum absolute atomic E-state index is 10.5. The lowest BCUT2D eigenvalue weighted by Crippen LogP contribution is -2.32. The molecule has 2 aliphatic rings. The summed E-state index contributed by atoms with van der Waals surface area (Å²) >= 11 is 0. The predicted octanol–water partition coefficient (Wildman–Crippen LogP) is 3.52. The number of carbonyl (C=O) groups is 1. The van der Waals surface area contributed by atoms with E-state index >= 15 is 0 Å². The van der Waals surface area contributed by atoms with Crippen LogP contribution in [0.5, 0.6) is 5.75 Å². The Morgan fingerprint density at radius 3 is 2.60 bits per heavy atom. The minimum absolute atomic E-state index is 0.222. The number of para-hydroxylation sites is 1. The zero-order valence-corrected chi connectivity index (χ0v) is 14.6. The SMILES string of the molecule is O=C(O)CCCCOC[C@@H]1[C@H](CCOc2ccccc2)[C@@H]2CC[C@H]1O2. The Labute approximate surface area is 149 Å². The fourth-order valence-corrected chi connectivity index (χ4v) is 4.03. The van der Waals surface area contributed by atoms with Crippen LogP contribution in [0.15, 0.2) is 30.3 Å². The quantitative estimate of drug-likeness (QED) is 0.620. The fourth-order valence-electron chi connectivity index (χ4n) is 4.03. The van der Waals surface area contributed by atoms with Gasteiger partial charge in [-0.2, -0.15) is 0 Å². The van der Waals surface area contributed by atoms with Gasteiger partial charge in [0.2, 0.25) is 0 Å². The first kappa shape index (κ1) is 18.2. The van der Waals surface area contributed by atoms with E-state index in [0.29, 0.717) is 50.3 Å². The zero-order chi connectivity index (χ0) is 17.5. The van der Waals surface area contributed by atoms with Gasteiger partial charge in [-0.15, -0.1) is 0 Å². The van der Waals surface area contributed by atoms with Gasteiger partial charge in [0.05, 0.1) is 25.4 Å². The lowest BCUT2D eigenvalue weighted by atomic mass is 9.78. The van der Waals surface area contributed by atoms with Gasteiger partial charge in [0, 0.05) is 18.9 Å². The molecule has 0 aromatic heterocycles. The van der Waals surface area contributed by atoms with E-state index in [0.717, 1.165) is 31.4 Å². The van der Waals surface area contributed by atoms with Crippen LogP contribution in [0, 0.1) is 11.8 Å². The Balaban J connectivity index is 1.38. The van der Waals surface area contributed by atoms with Crippen molar-refractivity contribution in [3.05, 3.63) is 30.3 Å². The molecule has 2 heterocycles. The molecule has 4 atom stereocenters. The first-order valence-electron chi connectivity index (χ1n) is 9.37. The van der Waals surface area contributed by atoms with Crippen LogP contribution in [0.1, 0.15) is 38.5 Å². The molecule has 0 unspecified atom stereocenters. The standard InChI is InChI=1S/C20H28O5/c21-20(22)8-4-5-12-23-14-17-16(18-9-10-19(17)25-18)11-13-24-15-6-2-1-3-7-15/h1-3,6-7,16-19H,4-5,8-14H2,(H,21,22)/t16-,17+,18-,19+/m0/s1. The van der Waals surface area contributed by atoms with Crippen LogP contribution >= 0.6 is 0 Å². The lowest BCUT2D eigenvalue weighted by molar-refractivity contribution is -0.137. The Morgan fingerprint density at radius 2 is 1.84 bits per heavy atom. The second-order valence-corrected chi connectivity index (χ2v) is 6.99. The van der Waals surface area contributed by atoms with Crippen LogP contribution < -0.4 is 4.74 Å². The van der Waals surface area contributed by atoms with Gasteiger partial charge in [0.15, 0.2) is 0 Å². The van der Waals surface area contributed by atoms with Crippen LogP contribution in [-0.4, -0.2) is 43.1 Å². The van der Waals surface area contributed by atoms with Crippen LogP contribution in [0.2, 0.25) is 0 Å². The highest BCUT2D eigenvalue weighted by atomic mass is 16.5. The molecule has 1 N–H and O–H groups in total. The summed E-state index contributed by atoms with van der Waals surface area (Å²) in [6.07, 6.45) is 5.65. The molecule has 0 radical (unpaired) electrons. The number of carboxylic acid groups (broad SMARTS) is 1. The second kappa shape index (κ2) is 9.20. The lowest BCUT2D eigenvalue weighted by Gasteiger charge is -2.27. The van der Waals surface area contributed by atoms with Crippen molar-refractivity contribution in [3.63, 3.8) is 0 Å². The van der Waals surface area contributed by atoms with E-state index in [2.05, 4.69) is 0 Å². The Bertz CT molecular complexity index is 532. The molecular weight excluding hydrogens is 320 g/mol. The predicted molar refractivity (Wildman–Crippen MR) is 93.7 cm³/mol. The van der Waals surface area contributed by atoms with Crippen LogP contribution in [0.4, 0.5) is 0 Å². The number of unbranched alkanes of at least 4 members (excludes halogenated alkanes) is 1. The highest BCUT2D eigenvalue weighted by Crippen LogP contribution is 2.45. The molecule has 1 aromatic rings. The second-order valence-electron chi connectivity index (χ2n) is 6.99. The van der Waals surface area contributed by atoms with E-state index in [1.165, 1.54) is 0 Å². The monoisotopic (exact) mass is 348 g/mol. The third-order valence-electron chi connectivity index (χ3n) is 5.29. The van der Waals surface area contributed by atoms with E-state index in [1.807, 2.05) is 30.3 Å². The Kier molecular flexibility index (Phi) is 6.70. The summed E-state index contributed by atoms with van der Waals surface area (Å²) in [5.41, 5.74) is 0. The topological polar surface area (TPSA) is 65.0 Å². The minimum atomic E-state index is -0.736. The van der Waals surface area contributed by atoms with Crippen molar-refractivity contribution in [2.75, 3.05) is 19.8 Å². The molecule has 0 spiro atoms. The number of fused-ring (bicyclic) bond motifs is 2. The van der Waals surface area contributed by atoms with Crippen LogP contribution in [0.3, 0.4) is 0 Å². The van der Waals surface area contributed by atoms with E-state index < -0.39 is 5.97 Å². The summed E-state index contributed by atoms with van der Waals surface area (Å²) in [6.45, 7) is 2.05. The number of benzene rings is 1. The summed E-state index contributed by atoms with van der Waals surface area (Å²) in [6, 6.07) is 9.92. The largest absolute Gasteiger partial charge is 0.494 e. The number of ether oxygens (including phenoxy) is 3. The Hall–Kier alpha value is -1.59. The summed E-state index contributed by atoms with van der Waals surface area (Å²) in [7, 11) is 0. The van der Waals surface area contributed by atoms with Gasteiger partial charge in [0.1, 0.15) is 5.75 Å². The third kappa shape index (κ3) is 5.19. The fraction of sp³-hybridized carbons (Fsp3) is 0.650. The highest BCUT2D eigenvalue weighted by molar-refractivity contribution is 5.66. The average molecular weight is 348 g/mol. The van der Waals surface area contributed by atoms with E-state index in [-0.39, 0.29) is 6.42 Å². The summed E-state index contributed by atoms with van der Waals surface area (Å²) in [4.78, 5) is 10.5. The molecule has 1 aromatic carbocycles. The van der Waals surface area contributed by atoms with Gasteiger partial charge in [-0.05, 0) is 50.2 Å². The molecule has 0 saturated carbocycles. The smallest absolute Gasteiger partial charge is 0.303 e. The molecular formula is C20H28O5. The van der Waals surface area contributed by atoms with Crippen molar-refractivity contribution in [2.45, 2.75) is 50.7 Å². The van der Waals surface area contributed by atoms with Crippen molar-refractivity contribution in [2.24, 2.45) is 11.8 Å². The summed E-state index contributed by atoms with van der Waals surface area (Å²) in [5.74, 6) is 1.12. The molecule has 2 aliphatic heterocycles. The molecule has 0 aliphatic carbocycles. The molecule has 2 bridgehead atoms. The van der Waals surface area contributed by atoms with Crippen molar-refractivity contribution >= 4 is 5.97 Å². The van der Waals surface area contributed by atoms with Gasteiger partial charge >= 0.3 is 5.97 Å². The van der Waals surface area contributed by atoms with E-state index in [4.69, 9.17) is 19.3 Å². The maximum atomic E-state index is 10.5. The molecule has 5 nitrogen and oxygen atoms in total. The summed E-state index contributed by atoms with van der Waals surface area (Å²) < 4.78 is 17.8. The van der Waals surface area contributed by atoms with Crippen molar-refractivity contribution < 1.29 is 24.1 Å². The molecule has 0 amide bonds. The van der Waals surface area contributed by atoms with E-state index in [9.17, 15) is 4.79 Å². The zero-order valence-electron chi connectivity index (χ0n) is 14.6. The number of hydrogen-bond donors (Lipinski definition) is 1. The first-order chi connectivity index (χ1) is 12.2. The van der Waals surface area contributed by atoms with E-state index in [1.54, 1.807) is 0 Å². The number of hydrogen-bond acceptors (Lipinski definition) is 4. The van der Waals surface area contributed by atoms with Crippen molar-refractivity contribution in [3.8, 4) is 5.75 Å². The number of rotatable bonds is 11. The van der Waals surface area contributed by atoms with Crippen molar-refractivity contribution in [1.82, 2.24) is 0 Å². The molecule has 2 fully saturated rings. The van der Waals surface area contributed by atoms with Gasteiger partial charge in [0.25, 0.3) is 0 Å². The third-order valence-corrected chi connectivity index (χ3v) is 5.29. The Morgan fingerprint density at radius 1 is 1.08 bits per heavy atom. The average Bonchev–Trinajstić information content (AvgIpc) is 3.21. The summed E-state index contributed by atoms with van der Waals surface area (Å²) in [5, 5.41) is 8.64. The first-order valence-corrected chi connectivity index (χ1v) is 9.37. The van der Waals surface area contributed by atoms with Gasteiger partial charge < -0.3 is 19.3 Å². The molecule has 138 valence electrons. The van der Waals surface area contributed by atoms with Gasteiger partial charge in [-0.25, -0.2) is 0 Å². The van der Waals surface area contributed by atoms with Crippen molar-refractivity contribution in [1.29, 1.82) is 0 Å². The number of carboxylic acids is 1. The normalized spacial score (nSPS) is 27.5.